The minimum absolute atomic E-state index is 0.149. The maximum atomic E-state index is 14.5. The highest BCUT2D eigenvalue weighted by molar-refractivity contribution is 7.89. The maximum absolute atomic E-state index is 14.5. The van der Waals surface area contributed by atoms with E-state index in [2.05, 4.69) is 0 Å². The molecule has 8 heteroatoms. The second-order valence-electron chi connectivity index (χ2n) is 6.48. The lowest BCUT2D eigenvalue weighted by molar-refractivity contribution is 0.0976. The molecule has 0 unspecified atom stereocenters. The van der Waals surface area contributed by atoms with Crippen LogP contribution in [0.5, 0.6) is 0 Å². The summed E-state index contributed by atoms with van der Waals surface area (Å²) in [5.74, 6) is -1.98. The van der Waals surface area contributed by atoms with Gasteiger partial charge in [0.1, 0.15) is 11.6 Å². The Kier molecular flexibility index (Phi) is 6.90. The van der Waals surface area contributed by atoms with Crippen molar-refractivity contribution in [3.8, 4) is 0 Å². The van der Waals surface area contributed by atoms with E-state index in [4.69, 9.17) is 0 Å². The zero-order valence-corrected chi connectivity index (χ0v) is 17.1. The van der Waals surface area contributed by atoms with Crippen LogP contribution in [0.25, 0.3) is 0 Å². The van der Waals surface area contributed by atoms with Crippen molar-refractivity contribution in [1.82, 2.24) is 4.31 Å². The Morgan fingerprint density at radius 1 is 1.00 bits per heavy atom. The quantitative estimate of drug-likeness (QED) is 0.692. The second kappa shape index (κ2) is 8.79. The van der Waals surface area contributed by atoms with Gasteiger partial charge >= 0.3 is 0 Å². The van der Waals surface area contributed by atoms with Crippen molar-refractivity contribution in [3.05, 3.63) is 59.7 Å². The van der Waals surface area contributed by atoms with E-state index in [0.717, 1.165) is 18.2 Å². The predicted molar refractivity (Wildman–Crippen MR) is 105 cm³/mol. The zero-order chi connectivity index (χ0) is 21.1. The Morgan fingerprint density at radius 2 is 1.57 bits per heavy atom. The molecule has 152 valence electrons. The summed E-state index contributed by atoms with van der Waals surface area (Å²) in [7, 11) is -3.84. The van der Waals surface area contributed by atoms with Crippen LogP contribution >= 0.6 is 0 Å². The Labute approximate surface area is 164 Å². The van der Waals surface area contributed by atoms with Crippen LogP contribution < -0.4 is 4.90 Å². The van der Waals surface area contributed by atoms with E-state index in [1.165, 1.54) is 33.5 Å². The molecule has 0 bridgehead atoms. The molecule has 0 heterocycles. The average molecular weight is 410 g/mol. The minimum atomic E-state index is -3.84. The summed E-state index contributed by atoms with van der Waals surface area (Å²) in [6.45, 7) is 7.38. The molecule has 2 aromatic carbocycles. The molecule has 2 aromatic rings. The van der Waals surface area contributed by atoms with Crippen LogP contribution in [0.2, 0.25) is 0 Å². The largest absolute Gasteiger partial charge is 0.306 e. The lowest BCUT2D eigenvalue weighted by Crippen LogP contribution is -2.38. The van der Waals surface area contributed by atoms with E-state index < -0.39 is 27.6 Å². The van der Waals surface area contributed by atoms with Crippen LogP contribution in [-0.2, 0) is 10.0 Å². The number of benzene rings is 2. The summed E-state index contributed by atoms with van der Waals surface area (Å²) in [6.07, 6.45) is 0. The molecular weight excluding hydrogens is 386 g/mol. The van der Waals surface area contributed by atoms with Gasteiger partial charge in [-0.1, -0.05) is 13.8 Å². The first-order chi connectivity index (χ1) is 13.1. The number of carbonyl (C=O) groups excluding carboxylic acids is 1. The smallest absolute Gasteiger partial charge is 0.261 e. The molecule has 1 amide bonds. The lowest BCUT2D eigenvalue weighted by Gasteiger charge is -2.27. The molecule has 0 aromatic heterocycles. The number of carbonyl (C=O) groups is 1. The third-order valence-electron chi connectivity index (χ3n) is 4.35. The highest BCUT2D eigenvalue weighted by Crippen LogP contribution is 2.24. The van der Waals surface area contributed by atoms with Gasteiger partial charge in [-0.2, -0.15) is 4.31 Å². The number of rotatable bonds is 7. The Bertz CT molecular complexity index is 940. The van der Waals surface area contributed by atoms with Gasteiger partial charge in [-0.25, -0.2) is 17.2 Å². The summed E-state index contributed by atoms with van der Waals surface area (Å²) >= 11 is 0. The van der Waals surface area contributed by atoms with Crippen molar-refractivity contribution >= 4 is 21.6 Å². The number of sulfonamides is 1. The number of hydrogen-bond acceptors (Lipinski definition) is 3. The molecule has 0 radical (unpaired) electrons. The van der Waals surface area contributed by atoms with Gasteiger partial charge in [0, 0.05) is 24.8 Å². The van der Waals surface area contributed by atoms with Crippen molar-refractivity contribution < 1.29 is 22.0 Å². The molecule has 2 rings (SSSR count). The third-order valence-corrected chi connectivity index (χ3v) is 6.40. The SMILES string of the molecule is CCN(CC)S(=O)(=O)c1ccc(F)c(C(=O)N(c2ccc(F)cc2)C(C)C)c1. The van der Waals surface area contributed by atoms with E-state index in [9.17, 15) is 22.0 Å². The van der Waals surface area contributed by atoms with Gasteiger partial charge in [0.2, 0.25) is 10.0 Å². The summed E-state index contributed by atoms with van der Waals surface area (Å²) < 4.78 is 54.4. The molecule has 0 spiro atoms. The fourth-order valence-corrected chi connectivity index (χ4v) is 4.41. The Balaban J connectivity index is 2.53. The van der Waals surface area contributed by atoms with Gasteiger partial charge < -0.3 is 4.90 Å². The fraction of sp³-hybridized carbons (Fsp3) is 0.350. The Morgan fingerprint density at radius 3 is 2.07 bits per heavy atom. The first kappa shape index (κ1) is 22.0. The minimum Gasteiger partial charge on any atom is -0.306 e. The highest BCUT2D eigenvalue weighted by Gasteiger charge is 2.27. The van der Waals surface area contributed by atoms with Crippen molar-refractivity contribution in [2.24, 2.45) is 0 Å². The average Bonchev–Trinajstić information content (AvgIpc) is 2.64. The van der Waals surface area contributed by atoms with Crippen LogP contribution in [0.15, 0.2) is 47.4 Å². The van der Waals surface area contributed by atoms with Crippen molar-refractivity contribution in [3.63, 3.8) is 0 Å². The number of nitrogens with zero attached hydrogens (tertiary/aromatic N) is 2. The molecule has 0 aliphatic rings. The maximum Gasteiger partial charge on any atom is 0.261 e. The monoisotopic (exact) mass is 410 g/mol. The van der Waals surface area contributed by atoms with Crippen molar-refractivity contribution in [2.45, 2.75) is 38.6 Å². The second-order valence-corrected chi connectivity index (χ2v) is 8.41. The van der Waals surface area contributed by atoms with Crippen LogP contribution in [-0.4, -0.2) is 37.8 Å². The summed E-state index contributed by atoms with van der Waals surface area (Å²) in [5.41, 5.74) is 0.0315. The summed E-state index contributed by atoms with van der Waals surface area (Å²) in [5, 5.41) is 0. The fourth-order valence-electron chi connectivity index (χ4n) is 2.92. The molecule has 28 heavy (non-hydrogen) atoms. The summed E-state index contributed by atoms with van der Waals surface area (Å²) in [4.78, 5) is 14.2. The van der Waals surface area contributed by atoms with Gasteiger partial charge in [-0.15, -0.1) is 0 Å². The zero-order valence-electron chi connectivity index (χ0n) is 16.3. The van der Waals surface area contributed by atoms with Gasteiger partial charge in [-0.05, 0) is 56.3 Å². The number of halogens is 2. The highest BCUT2D eigenvalue weighted by atomic mass is 32.2. The van der Waals surface area contributed by atoms with Gasteiger partial charge in [0.15, 0.2) is 0 Å². The number of amides is 1. The van der Waals surface area contributed by atoms with E-state index in [1.54, 1.807) is 27.7 Å². The summed E-state index contributed by atoms with van der Waals surface area (Å²) in [6, 6.07) is 8.07. The molecule has 0 aliphatic carbocycles. The van der Waals surface area contributed by atoms with Crippen LogP contribution in [0, 0.1) is 11.6 Å². The lowest BCUT2D eigenvalue weighted by atomic mass is 10.1. The van der Waals surface area contributed by atoms with Crippen LogP contribution in [0.3, 0.4) is 0 Å². The first-order valence-electron chi connectivity index (χ1n) is 9.02. The number of anilines is 1. The van der Waals surface area contributed by atoms with Crippen LogP contribution in [0.1, 0.15) is 38.1 Å². The van der Waals surface area contributed by atoms with Gasteiger partial charge in [-0.3, -0.25) is 4.79 Å². The molecule has 5 nitrogen and oxygen atoms in total. The topological polar surface area (TPSA) is 57.7 Å². The van der Waals surface area contributed by atoms with E-state index >= 15 is 0 Å². The van der Waals surface area contributed by atoms with Crippen molar-refractivity contribution in [1.29, 1.82) is 0 Å². The van der Waals surface area contributed by atoms with Gasteiger partial charge in [0.25, 0.3) is 5.91 Å². The normalized spacial score (nSPS) is 11.9. The Hall–Kier alpha value is -2.32. The molecule has 0 atom stereocenters. The molecule has 0 saturated heterocycles. The molecule has 0 saturated carbocycles. The molecule has 0 N–H and O–H groups in total. The van der Waals surface area contributed by atoms with E-state index in [1.807, 2.05) is 0 Å². The molecular formula is C20H24F2N2O3S. The van der Waals surface area contributed by atoms with Gasteiger partial charge in [0.05, 0.1) is 10.5 Å². The first-order valence-corrected chi connectivity index (χ1v) is 10.5. The standard InChI is InChI=1S/C20H24F2N2O3S/c1-5-23(6-2)28(26,27)17-11-12-19(22)18(13-17)20(25)24(14(3)4)16-9-7-15(21)8-10-16/h7-14H,5-6H2,1-4H3. The van der Waals surface area contributed by atoms with E-state index in [0.29, 0.717) is 5.69 Å². The molecule has 0 fully saturated rings. The predicted octanol–water partition coefficient (Wildman–Crippen LogP) is 4.05. The molecule has 0 aliphatic heterocycles. The third kappa shape index (κ3) is 4.39. The van der Waals surface area contributed by atoms with E-state index in [-0.39, 0.29) is 29.6 Å². The van der Waals surface area contributed by atoms with Crippen molar-refractivity contribution in [2.75, 3.05) is 18.0 Å². The number of hydrogen-bond donors (Lipinski definition) is 0. The van der Waals surface area contributed by atoms with Crippen LogP contribution in [0.4, 0.5) is 14.5 Å².